The fourth-order valence-electron chi connectivity index (χ4n) is 2.50. The summed E-state index contributed by atoms with van der Waals surface area (Å²) in [5.74, 6) is 0.0135. The molecular formula is C17H16FNOS. The molecule has 2 nitrogen and oxygen atoms in total. The Balaban J connectivity index is 1.63. The molecule has 0 aliphatic heterocycles. The smallest absolute Gasteiger partial charge is 0.228 e. The van der Waals surface area contributed by atoms with Crippen LogP contribution in [0.25, 0.3) is 0 Å². The highest BCUT2D eigenvalue weighted by Crippen LogP contribution is 2.48. The third-order valence-electron chi connectivity index (χ3n) is 3.76. The summed E-state index contributed by atoms with van der Waals surface area (Å²) >= 11 is 1.65. The zero-order valence-electron chi connectivity index (χ0n) is 11.7. The molecule has 0 spiro atoms. The summed E-state index contributed by atoms with van der Waals surface area (Å²) in [4.78, 5) is 13.4. The third kappa shape index (κ3) is 3.27. The summed E-state index contributed by atoms with van der Waals surface area (Å²) in [6, 6.07) is 14.2. The average Bonchev–Trinajstić information content (AvgIpc) is 3.29. The van der Waals surface area contributed by atoms with Crippen LogP contribution in [0, 0.1) is 11.7 Å². The van der Waals surface area contributed by atoms with E-state index in [0.717, 1.165) is 22.6 Å². The first kappa shape index (κ1) is 14.1. The maximum atomic E-state index is 12.9. The molecule has 1 aliphatic rings. The summed E-state index contributed by atoms with van der Waals surface area (Å²) in [5, 5.41) is 2.96. The van der Waals surface area contributed by atoms with E-state index in [4.69, 9.17) is 0 Å². The van der Waals surface area contributed by atoms with Gasteiger partial charge in [-0.15, -0.1) is 11.8 Å². The van der Waals surface area contributed by atoms with Crippen LogP contribution in [-0.4, -0.2) is 12.2 Å². The first-order chi connectivity index (χ1) is 10.2. The molecule has 1 saturated carbocycles. The number of nitrogens with one attached hydrogen (secondary N) is 1. The molecule has 0 aromatic heterocycles. The first-order valence-corrected chi connectivity index (χ1v) is 8.10. The van der Waals surface area contributed by atoms with Crippen LogP contribution in [0.3, 0.4) is 0 Å². The number of amides is 1. The Kier molecular flexibility index (Phi) is 3.97. The lowest BCUT2D eigenvalue weighted by atomic mass is 10.1. The molecule has 4 heteroatoms. The highest BCUT2D eigenvalue weighted by molar-refractivity contribution is 7.98. The number of hydrogen-bond acceptors (Lipinski definition) is 2. The quantitative estimate of drug-likeness (QED) is 0.854. The van der Waals surface area contributed by atoms with Crippen molar-refractivity contribution >= 4 is 23.4 Å². The Hall–Kier alpha value is -1.81. The largest absolute Gasteiger partial charge is 0.326 e. The lowest BCUT2D eigenvalue weighted by Gasteiger charge is -2.06. The third-order valence-corrected chi connectivity index (χ3v) is 4.49. The van der Waals surface area contributed by atoms with Crippen molar-refractivity contribution in [2.24, 2.45) is 5.92 Å². The second-order valence-electron chi connectivity index (χ2n) is 5.22. The molecule has 2 aromatic rings. The molecule has 0 saturated heterocycles. The molecule has 1 aliphatic carbocycles. The van der Waals surface area contributed by atoms with Gasteiger partial charge in [-0.2, -0.15) is 0 Å². The van der Waals surface area contributed by atoms with Gasteiger partial charge in [0.25, 0.3) is 0 Å². The van der Waals surface area contributed by atoms with Gasteiger partial charge in [-0.3, -0.25) is 4.79 Å². The van der Waals surface area contributed by atoms with Gasteiger partial charge in [-0.1, -0.05) is 18.2 Å². The number of carbonyl (C=O) groups is 1. The molecule has 1 amide bonds. The van der Waals surface area contributed by atoms with Gasteiger partial charge in [-0.05, 0) is 54.5 Å². The molecule has 1 fully saturated rings. The van der Waals surface area contributed by atoms with E-state index in [-0.39, 0.29) is 23.6 Å². The summed E-state index contributed by atoms with van der Waals surface area (Å²) in [6.07, 6.45) is 2.84. The Labute approximate surface area is 127 Å². The van der Waals surface area contributed by atoms with Gasteiger partial charge in [0.2, 0.25) is 5.91 Å². The summed E-state index contributed by atoms with van der Waals surface area (Å²) in [5.41, 5.74) is 1.87. The van der Waals surface area contributed by atoms with Crippen molar-refractivity contribution < 1.29 is 9.18 Å². The second kappa shape index (κ2) is 5.90. The van der Waals surface area contributed by atoms with Gasteiger partial charge in [0.15, 0.2) is 0 Å². The van der Waals surface area contributed by atoms with E-state index < -0.39 is 0 Å². The van der Waals surface area contributed by atoms with Gasteiger partial charge >= 0.3 is 0 Å². The number of benzene rings is 2. The minimum absolute atomic E-state index is 0.00611. The van der Waals surface area contributed by atoms with Crippen LogP contribution in [0.5, 0.6) is 0 Å². The van der Waals surface area contributed by atoms with Crippen molar-refractivity contribution in [3.8, 4) is 0 Å². The molecular weight excluding hydrogens is 285 g/mol. The van der Waals surface area contributed by atoms with Crippen molar-refractivity contribution in [2.45, 2.75) is 17.2 Å². The lowest BCUT2D eigenvalue weighted by Crippen LogP contribution is -2.14. The van der Waals surface area contributed by atoms with E-state index in [1.807, 2.05) is 30.5 Å². The van der Waals surface area contributed by atoms with E-state index in [9.17, 15) is 9.18 Å². The van der Waals surface area contributed by atoms with Crippen molar-refractivity contribution in [2.75, 3.05) is 11.6 Å². The summed E-state index contributed by atoms with van der Waals surface area (Å²) in [6.45, 7) is 0. The van der Waals surface area contributed by atoms with Gasteiger partial charge in [-0.25, -0.2) is 4.39 Å². The van der Waals surface area contributed by atoms with Gasteiger partial charge in [0.05, 0.1) is 0 Å². The number of halogens is 1. The Morgan fingerprint density at radius 2 is 2.00 bits per heavy atom. The van der Waals surface area contributed by atoms with Gasteiger partial charge in [0, 0.05) is 16.5 Å². The van der Waals surface area contributed by atoms with Crippen molar-refractivity contribution in [1.29, 1.82) is 0 Å². The van der Waals surface area contributed by atoms with Crippen LogP contribution in [0.15, 0.2) is 53.4 Å². The number of anilines is 1. The van der Waals surface area contributed by atoms with E-state index in [1.54, 1.807) is 23.9 Å². The fraction of sp³-hybridized carbons (Fsp3) is 0.235. The predicted molar refractivity (Wildman–Crippen MR) is 84.1 cm³/mol. The number of hydrogen-bond donors (Lipinski definition) is 1. The van der Waals surface area contributed by atoms with Gasteiger partial charge < -0.3 is 5.32 Å². The van der Waals surface area contributed by atoms with E-state index in [2.05, 4.69) is 5.32 Å². The molecule has 21 heavy (non-hydrogen) atoms. The topological polar surface area (TPSA) is 29.1 Å². The summed E-state index contributed by atoms with van der Waals surface area (Å²) in [7, 11) is 0. The Morgan fingerprint density at radius 1 is 1.24 bits per heavy atom. The van der Waals surface area contributed by atoms with E-state index in [0.29, 0.717) is 0 Å². The van der Waals surface area contributed by atoms with Crippen molar-refractivity contribution in [1.82, 2.24) is 0 Å². The van der Waals surface area contributed by atoms with Crippen LogP contribution < -0.4 is 5.32 Å². The predicted octanol–water partition coefficient (Wildman–Crippen LogP) is 4.29. The molecule has 2 atom stereocenters. The SMILES string of the molecule is CSc1cccc(NC(=O)C2CC2c2ccc(F)cc2)c1. The molecule has 2 unspecified atom stereocenters. The lowest BCUT2D eigenvalue weighted by molar-refractivity contribution is -0.117. The maximum absolute atomic E-state index is 12.9. The van der Waals surface area contributed by atoms with Crippen LogP contribution in [0.2, 0.25) is 0 Å². The average molecular weight is 301 g/mol. The molecule has 108 valence electrons. The minimum Gasteiger partial charge on any atom is -0.326 e. The van der Waals surface area contributed by atoms with Crippen LogP contribution in [0.1, 0.15) is 17.9 Å². The monoisotopic (exact) mass is 301 g/mol. The molecule has 2 aromatic carbocycles. The van der Waals surface area contributed by atoms with Gasteiger partial charge in [0.1, 0.15) is 5.82 Å². The Morgan fingerprint density at radius 3 is 2.71 bits per heavy atom. The van der Waals surface area contributed by atoms with Crippen molar-refractivity contribution in [3.05, 3.63) is 59.9 Å². The van der Waals surface area contributed by atoms with Crippen LogP contribution in [-0.2, 0) is 4.79 Å². The van der Waals surface area contributed by atoms with E-state index >= 15 is 0 Å². The number of thioether (sulfide) groups is 1. The molecule has 0 bridgehead atoms. The number of rotatable bonds is 4. The standard InChI is InChI=1S/C17H16FNOS/c1-21-14-4-2-3-13(9-14)19-17(20)16-10-15(16)11-5-7-12(18)8-6-11/h2-9,15-16H,10H2,1H3,(H,19,20). The highest BCUT2D eigenvalue weighted by atomic mass is 32.2. The summed E-state index contributed by atoms with van der Waals surface area (Å²) < 4.78 is 12.9. The normalized spacial score (nSPS) is 20.1. The highest BCUT2D eigenvalue weighted by Gasteiger charge is 2.43. The first-order valence-electron chi connectivity index (χ1n) is 6.88. The minimum atomic E-state index is -0.241. The maximum Gasteiger partial charge on any atom is 0.228 e. The van der Waals surface area contributed by atoms with Crippen LogP contribution in [0.4, 0.5) is 10.1 Å². The second-order valence-corrected chi connectivity index (χ2v) is 6.10. The zero-order chi connectivity index (χ0) is 14.8. The molecule has 3 rings (SSSR count). The zero-order valence-corrected chi connectivity index (χ0v) is 12.5. The van der Waals surface area contributed by atoms with Crippen molar-refractivity contribution in [3.63, 3.8) is 0 Å². The van der Waals surface area contributed by atoms with E-state index in [1.165, 1.54) is 12.1 Å². The molecule has 0 radical (unpaired) electrons. The van der Waals surface area contributed by atoms with Crippen LogP contribution >= 0.6 is 11.8 Å². The number of carbonyl (C=O) groups excluding carboxylic acids is 1. The Bertz CT molecular complexity index is 656. The fourth-order valence-corrected chi connectivity index (χ4v) is 2.96. The molecule has 0 heterocycles. The molecule has 1 N–H and O–H groups in total.